The molecule has 1 aliphatic carbocycles. The van der Waals surface area contributed by atoms with Crippen LogP contribution in [0.4, 0.5) is 15.8 Å². The first-order valence-corrected chi connectivity index (χ1v) is 10.1. The summed E-state index contributed by atoms with van der Waals surface area (Å²) < 4.78 is 40.1. The van der Waals surface area contributed by atoms with Gasteiger partial charge in [-0.15, -0.1) is 0 Å². The second kappa shape index (κ2) is 7.86. The summed E-state index contributed by atoms with van der Waals surface area (Å²) in [4.78, 5) is 12.3. The minimum absolute atomic E-state index is 0.00950. The fourth-order valence-corrected chi connectivity index (χ4v) is 4.12. The van der Waals surface area contributed by atoms with Gasteiger partial charge in [-0.3, -0.25) is 9.52 Å². The second-order valence-corrected chi connectivity index (χ2v) is 8.14. The van der Waals surface area contributed by atoms with Crippen molar-refractivity contribution in [1.82, 2.24) is 0 Å². The van der Waals surface area contributed by atoms with Gasteiger partial charge in [-0.1, -0.05) is 19.3 Å². The quantitative estimate of drug-likeness (QED) is 0.823. The van der Waals surface area contributed by atoms with E-state index in [9.17, 15) is 17.6 Å². The molecule has 138 valence electrons. The lowest BCUT2D eigenvalue weighted by Gasteiger charge is -2.20. The topological polar surface area (TPSA) is 75.3 Å². The lowest BCUT2D eigenvalue weighted by Crippen LogP contribution is -2.24. The Balaban J connectivity index is 1.66. The first kappa shape index (κ1) is 18.4. The maximum absolute atomic E-state index is 12.9. The minimum Gasteiger partial charge on any atom is -0.326 e. The molecule has 1 fully saturated rings. The van der Waals surface area contributed by atoms with Crippen molar-refractivity contribution in [1.29, 1.82) is 0 Å². The number of rotatable bonds is 5. The van der Waals surface area contributed by atoms with Gasteiger partial charge in [0.1, 0.15) is 5.82 Å². The van der Waals surface area contributed by atoms with E-state index in [1.165, 1.54) is 42.8 Å². The summed E-state index contributed by atoms with van der Waals surface area (Å²) in [6.07, 6.45) is 5.13. The number of benzene rings is 2. The number of hydrogen-bond donors (Lipinski definition) is 2. The Hall–Kier alpha value is -2.41. The summed E-state index contributed by atoms with van der Waals surface area (Å²) in [5.74, 6) is -0.414. The fraction of sp³-hybridized carbons (Fsp3) is 0.316. The summed E-state index contributed by atoms with van der Waals surface area (Å²) in [6.45, 7) is 0. The van der Waals surface area contributed by atoms with Crippen LogP contribution in [-0.2, 0) is 14.8 Å². The van der Waals surface area contributed by atoms with E-state index in [0.29, 0.717) is 5.69 Å². The molecule has 0 bridgehead atoms. The van der Waals surface area contributed by atoms with Crippen LogP contribution in [0.3, 0.4) is 0 Å². The van der Waals surface area contributed by atoms with E-state index in [0.717, 1.165) is 25.7 Å². The molecule has 1 amide bonds. The van der Waals surface area contributed by atoms with Gasteiger partial charge in [0, 0.05) is 17.3 Å². The van der Waals surface area contributed by atoms with Crippen LogP contribution in [0.15, 0.2) is 53.4 Å². The Morgan fingerprint density at radius 3 is 2.08 bits per heavy atom. The molecule has 2 aromatic carbocycles. The normalized spacial score (nSPS) is 15.4. The highest BCUT2D eigenvalue weighted by molar-refractivity contribution is 7.92. The Morgan fingerprint density at radius 2 is 1.46 bits per heavy atom. The molecule has 1 saturated carbocycles. The first-order chi connectivity index (χ1) is 12.4. The van der Waals surface area contributed by atoms with E-state index in [2.05, 4.69) is 10.0 Å². The van der Waals surface area contributed by atoms with Crippen molar-refractivity contribution in [2.24, 2.45) is 5.92 Å². The smallest absolute Gasteiger partial charge is 0.261 e. The second-order valence-electron chi connectivity index (χ2n) is 6.46. The van der Waals surface area contributed by atoms with Gasteiger partial charge in [0.2, 0.25) is 5.91 Å². The molecule has 7 heteroatoms. The maximum atomic E-state index is 12.9. The highest BCUT2D eigenvalue weighted by Gasteiger charge is 2.21. The van der Waals surface area contributed by atoms with E-state index in [4.69, 9.17) is 0 Å². The average molecular weight is 376 g/mol. The fourth-order valence-electron chi connectivity index (χ4n) is 3.06. The van der Waals surface area contributed by atoms with Gasteiger partial charge >= 0.3 is 0 Å². The lowest BCUT2D eigenvalue weighted by molar-refractivity contribution is -0.120. The van der Waals surface area contributed by atoms with Crippen LogP contribution in [0, 0.1) is 11.7 Å². The molecular formula is C19H21FN2O3S. The highest BCUT2D eigenvalue weighted by Crippen LogP contribution is 2.25. The van der Waals surface area contributed by atoms with Crippen LogP contribution < -0.4 is 10.0 Å². The number of anilines is 2. The molecule has 2 N–H and O–H groups in total. The molecule has 26 heavy (non-hydrogen) atoms. The number of nitrogens with one attached hydrogen (secondary N) is 2. The third-order valence-electron chi connectivity index (χ3n) is 4.50. The molecule has 5 nitrogen and oxygen atoms in total. The zero-order chi connectivity index (χ0) is 18.6. The molecule has 0 saturated heterocycles. The van der Waals surface area contributed by atoms with Crippen molar-refractivity contribution < 1.29 is 17.6 Å². The van der Waals surface area contributed by atoms with Crippen LogP contribution in [0.5, 0.6) is 0 Å². The van der Waals surface area contributed by atoms with Gasteiger partial charge in [0.15, 0.2) is 0 Å². The standard InChI is InChI=1S/C19H21FN2O3S/c20-15-6-8-17(9-7-15)22-26(24,25)18-12-10-16(11-13-18)21-19(23)14-4-2-1-3-5-14/h6-14,22H,1-5H2,(H,21,23). The number of carbonyl (C=O) groups is 1. The molecule has 0 heterocycles. The van der Waals surface area contributed by atoms with Gasteiger partial charge < -0.3 is 5.32 Å². The van der Waals surface area contributed by atoms with E-state index in [1.54, 1.807) is 12.1 Å². The van der Waals surface area contributed by atoms with Crippen LogP contribution >= 0.6 is 0 Å². The van der Waals surface area contributed by atoms with Crippen LogP contribution in [0.25, 0.3) is 0 Å². The van der Waals surface area contributed by atoms with Gasteiger partial charge in [-0.05, 0) is 61.4 Å². The predicted octanol–water partition coefficient (Wildman–Crippen LogP) is 4.15. The third-order valence-corrected chi connectivity index (χ3v) is 5.90. The van der Waals surface area contributed by atoms with Gasteiger partial charge in [-0.2, -0.15) is 0 Å². The number of sulfonamides is 1. The summed E-state index contributed by atoms with van der Waals surface area (Å²) in [6, 6.07) is 11.1. The molecule has 0 unspecified atom stereocenters. The van der Waals surface area contributed by atoms with Crippen LogP contribution in [-0.4, -0.2) is 14.3 Å². The van der Waals surface area contributed by atoms with E-state index >= 15 is 0 Å². The molecule has 2 aromatic rings. The first-order valence-electron chi connectivity index (χ1n) is 8.63. The van der Waals surface area contributed by atoms with Gasteiger partial charge in [0.25, 0.3) is 10.0 Å². The van der Waals surface area contributed by atoms with Crippen LogP contribution in [0.2, 0.25) is 0 Å². The van der Waals surface area contributed by atoms with E-state index in [-0.39, 0.29) is 22.4 Å². The molecule has 0 radical (unpaired) electrons. The van der Waals surface area contributed by atoms with Crippen molar-refractivity contribution >= 4 is 27.3 Å². The summed E-state index contributed by atoms with van der Waals surface area (Å²) >= 11 is 0. The zero-order valence-electron chi connectivity index (χ0n) is 14.2. The van der Waals surface area contributed by atoms with E-state index < -0.39 is 15.8 Å². The highest BCUT2D eigenvalue weighted by atomic mass is 32.2. The molecular weight excluding hydrogens is 355 g/mol. The monoisotopic (exact) mass is 376 g/mol. The maximum Gasteiger partial charge on any atom is 0.261 e. The largest absolute Gasteiger partial charge is 0.326 e. The molecule has 0 atom stereocenters. The van der Waals surface area contributed by atoms with Crippen molar-refractivity contribution in [2.75, 3.05) is 10.0 Å². The third kappa shape index (κ3) is 4.60. The average Bonchev–Trinajstić information content (AvgIpc) is 2.64. The van der Waals surface area contributed by atoms with E-state index in [1.807, 2.05) is 0 Å². The number of carbonyl (C=O) groups excluding carboxylic acids is 1. The summed E-state index contributed by atoms with van der Waals surface area (Å²) in [5.41, 5.74) is 0.849. The Kier molecular flexibility index (Phi) is 5.56. The Morgan fingerprint density at radius 1 is 0.885 bits per heavy atom. The molecule has 3 rings (SSSR count). The Bertz CT molecular complexity index is 859. The lowest BCUT2D eigenvalue weighted by atomic mass is 9.88. The summed E-state index contributed by atoms with van der Waals surface area (Å²) in [7, 11) is -3.78. The molecule has 0 aromatic heterocycles. The van der Waals surface area contributed by atoms with Crippen molar-refractivity contribution in [3.05, 3.63) is 54.3 Å². The minimum atomic E-state index is -3.78. The SMILES string of the molecule is O=C(Nc1ccc(S(=O)(=O)Nc2ccc(F)cc2)cc1)C1CCCCC1. The van der Waals surface area contributed by atoms with Crippen molar-refractivity contribution in [2.45, 2.75) is 37.0 Å². The summed E-state index contributed by atoms with van der Waals surface area (Å²) in [5, 5.41) is 2.85. The predicted molar refractivity (Wildman–Crippen MR) is 98.9 cm³/mol. The zero-order valence-corrected chi connectivity index (χ0v) is 15.1. The molecule has 0 aliphatic heterocycles. The van der Waals surface area contributed by atoms with Crippen LogP contribution in [0.1, 0.15) is 32.1 Å². The van der Waals surface area contributed by atoms with Crippen molar-refractivity contribution in [3.63, 3.8) is 0 Å². The number of amides is 1. The molecule has 0 spiro atoms. The number of hydrogen-bond acceptors (Lipinski definition) is 3. The van der Waals surface area contributed by atoms with Gasteiger partial charge in [0.05, 0.1) is 4.90 Å². The van der Waals surface area contributed by atoms with Gasteiger partial charge in [-0.25, -0.2) is 12.8 Å². The Labute approximate surface area is 152 Å². The van der Waals surface area contributed by atoms with Crippen molar-refractivity contribution in [3.8, 4) is 0 Å². The number of halogens is 1. The molecule has 1 aliphatic rings.